The van der Waals surface area contributed by atoms with E-state index < -0.39 is 23.9 Å². The van der Waals surface area contributed by atoms with E-state index in [2.05, 4.69) is 27.0 Å². The maximum Gasteiger partial charge on any atom is 0.268 e. The molecule has 180 valence electrons. The lowest BCUT2D eigenvalue weighted by Gasteiger charge is -2.21. The van der Waals surface area contributed by atoms with Gasteiger partial charge in [-0.2, -0.15) is 5.26 Å². The number of carbonyl (C=O) groups is 3. The molecule has 0 radical (unpaired) electrons. The Morgan fingerprint density at radius 1 is 1.17 bits per heavy atom. The number of nitriles is 1. The highest BCUT2D eigenvalue weighted by Gasteiger charge is 2.30. The van der Waals surface area contributed by atoms with Crippen LogP contribution in [-0.2, 0) is 16.0 Å². The van der Waals surface area contributed by atoms with Crippen molar-refractivity contribution in [3.63, 3.8) is 0 Å². The molecule has 1 saturated heterocycles. The third-order valence-corrected chi connectivity index (χ3v) is 6.15. The zero-order chi connectivity index (χ0) is 24.8. The minimum absolute atomic E-state index is 0.108. The second-order valence-electron chi connectivity index (χ2n) is 8.52. The fourth-order valence-electron chi connectivity index (χ4n) is 4.29. The number of rotatable bonds is 9. The molecular formula is C26H27N5O4. The summed E-state index contributed by atoms with van der Waals surface area (Å²) in [5, 5.41) is 18.6. The minimum atomic E-state index is -0.925. The summed E-state index contributed by atoms with van der Waals surface area (Å²) in [5.41, 5.74) is 1.88. The monoisotopic (exact) mass is 473 g/mol. The van der Waals surface area contributed by atoms with Crippen LogP contribution in [0.25, 0.3) is 10.9 Å². The molecule has 9 heteroatoms. The lowest BCUT2D eigenvalue weighted by molar-refractivity contribution is -0.125. The summed E-state index contributed by atoms with van der Waals surface area (Å²) in [4.78, 5) is 41.3. The van der Waals surface area contributed by atoms with Crippen LogP contribution in [-0.4, -0.2) is 48.4 Å². The summed E-state index contributed by atoms with van der Waals surface area (Å²) in [5.74, 6) is -0.737. The molecular weight excluding hydrogens is 446 g/mol. The second-order valence-corrected chi connectivity index (χ2v) is 8.52. The Labute approximate surface area is 202 Å². The Morgan fingerprint density at radius 3 is 2.66 bits per heavy atom. The lowest BCUT2D eigenvalue weighted by Crippen LogP contribution is -2.51. The number of ether oxygens (including phenoxy) is 1. The number of aromatic amines is 1. The largest absolute Gasteiger partial charge is 0.496 e. The zero-order valence-electron chi connectivity index (χ0n) is 19.3. The van der Waals surface area contributed by atoms with Crippen LogP contribution >= 0.6 is 0 Å². The number of H-pyrrole nitrogens is 1. The van der Waals surface area contributed by atoms with Gasteiger partial charge in [0.2, 0.25) is 11.8 Å². The highest BCUT2D eigenvalue weighted by molar-refractivity contribution is 6.01. The molecule has 0 saturated carbocycles. The number of nitrogens with zero attached hydrogens (tertiary/aromatic N) is 1. The van der Waals surface area contributed by atoms with Gasteiger partial charge in [0.1, 0.15) is 23.5 Å². The van der Waals surface area contributed by atoms with Gasteiger partial charge in [0.15, 0.2) is 0 Å². The summed E-state index contributed by atoms with van der Waals surface area (Å²) >= 11 is 0. The molecule has 3 atom stereocenters. The Bertz CT molecular complexity index is 1260. The van der Waals surface area contributed by atoms with Crippen LogP contribution in [0, 0.1) is 17.2 Å². The molecule has 0 spiro atoms. The fourth-order valence-corrected chi connectivity index (χ4v) is 4.29. The number of nitrogens with one attached hydrogen (secondary N) is 4. The molecule has 0 bridgehead atoms. The van der Waals surface area contributed by atoms with Crippen LogP contribution in [0.1, 0.15) is 28.9 Å². The first-order valence-corrected chi connectivity index (χ1v) is 11.5. The van der Waals surface area contributed by atoms with E-state index in [-0.39, 0.29) is 30.4 Å². The Hall–Kier alpha value is -4.32. The SMILES string of the molecule is COc1cccc2[nH]c(C(=O)N[C@@H](Cc3ccccc3)C(=O)NC(C#N)CC3CCNC3=O)cc12. The first kappa shape index (κ1) is 23.8. The lowest BCUT2D eigenvalue weighted by atomic mass is 9.98. The van der Waals surface area contributed by atoms with Crippen molar-refractivity contribution in [1.82, 2.24) is 20.9 Å². The normalized spacial score (nSPS) is 16.7. The molecule has 1 aliphatic heterocycles. The molecule has 1 aliphatic rings. The van der Waals surface area contributed by atoms with Gasteiger partial charge in [0.25, 0.3) is 5.91 Å². The van der Waals surface area contributed by atoms with Crippen molar-refractivity contribution < 1.29 is 19.1 Å². The summed E-state index contributed by atoms with van der Waals surface area (Å²) < 4.78 is 5.36. The van der Waals surface area contributed by atoms with E-state index in [4.69, 9.17) is 4.74 Å². The van der Waals surface area contributed by atoms with Crippen LogP contribution in [0.3, 0.4) is 0 Å². The average molecular weight is 474 g/mol. The summed E-state index contributed by atoms with van der Waals surface area (Å²) in [6.07, 6.45) is 1.09. The first-order chi connectivity index (χ1) is 17.0. The van der Waals surface area contributed by atoms with Gasteiger partial charge in [0, 0.05) is 29.8 Å². The minimum Gasteiger partial charge on any atom is -0.496 e. The third-order valence-electron chi connectivity index (χ3n) is 6.15. The van der Waals surface area contributed by atoms with Gasteiger partial charge in [-0.3, -0.25) is 14.4 Å². The molecule has 2 aromatic carbocycles. The topological polar surface area (TPSA) is 136 Å². The standard InChI is InChI=1S/C26H27N5O4/c1-35-23-9-5-8-20-19(23)14-22(30-20)26(34)31-21(12-16-6-3-2-4-7-16)25(33)29-18(15-27)13-17-10-11-28-24(17)32/h2-9,14,17-18,21,30H,10-13H2,1H3,(H,28,32)(H,29,33)(H,31,34)/t17?,18?,21-/m0/s1. The predicted molar refractivity (Wildman–Crippen MR) is 130 cm³/mol. The van der Waals surface area contributed by atoms with Gasteiger partial charge >= 0.3 is 0 Å². The van der Waals surface area contributed by atoms with Crippen LogP contribution in [0.5, 0.6) is 5.75 Å². The number of benzene rings is 2. The molecule has 3 amide bonds. The quantitative estimate of drug-likeness (QED) is 0.377. The first-order valence-electron chi connectivity index (χ1n) is 11.5. The van der Waals surface area contributed by atoms with E-state index in [0.717, 1.165) is 16.5 Å². The molecule has 1 aromatic heterocycles. The van der Waals surface area contributed by atoms with E-state index in [1.807, 2.05) is 42.5 Å². The Kier molecular flexibility index (Phi) is 7.31. The van der Waals surface area contributed by atoms with Crippen molar-refractivity contribution in [1.29, 1.82) is 5.26 Å². The fraction of sp³-hybridized carbons (Fsp3) is 0.308. The summed E-state index contributed by atoms with van der Waals surface area (Å²) in [6, 6.07) is 16.7. The Balaban J connectivity index is 1.52. The highest BCUT2D eigenvalue weighted by atomic mass is 16.5. The van der Waals surface area contributed by atoms with E-state index in [9.17, 15) is 19.6 Å². The number of methoxy groups -OCH3 is 1. The number of aromatic nitrogens is 1. The average Bonchev–Trinajstić information content (AvgIpc) is 3.49. The van der Waals surface area contributed by atoms with Gasteiger partial charge in [-0.05, 0) is 36.6 Å². The maximum atomic E-state index is 13.2. The molecule has 2 unspecified atom stereocenters. The predicted octanol–water partition coefficient (Wildman–Crippen LogP) is 2.05. The number of fused-ring (bicyclic) bond motifs is 1. The Morgan fingerprint density at radius 2 is 1.97 bits per heavy atom. The number of hydrogen-bond donors (Lipinski definition) is 4. The number of hydrogen-bond acceptors (Lipinski definition) is 5. The van der Waals surface area contributed by atoms with Gasteiger partial charge in [-0.15, -0.1) is 0 Å². The molecule has 35 heavy (non-hydrogen) atoms. The van der Waals surface area contributed by atoms with Crippen molar-refractivity contribution in [2.45, 2.75) is 31.3 Å². The molecule has 4 rings (SSSR count). The van der Waals surface area contributed by atoms with Gasteiger partial charge in [0.05, 0.1) is 13.2 Å². The summed E-state index contributed by atoms with van der Waals surface area (Å²) in [7, 11) is 1.56. The maximum absolute atomic E-state index is 13.2. The van der Waals surface area contributed by atoms with Crippen LogP contribution in [0.2, 0.25) is 0 Å². The van der Waals surface area contributed by atoms with Crippen molar-refractivity contribution in [3.05, 3.63) is 65.9 Å². The van der Waals surface area contributed by atoms with Crippen LogP contribution in [0.15, 0.2) is 54.6 Å². The van der Waals surface area contributed by atoms with E-state index >= 15 is 0 Å². The van der Waals surface area contributed by atoms with Crippen molar-refractivity contribution in [2.24, 2.45) is 5.92 Å². The molecule has 1 fully saturated rings. The van der Waals surface area contributed by atoms with E-state index in [0.29, 0.717) is 18.7 Å². The van der Waals surface area contributed by atoms with Gasteiger partial charge in [-0.1, -0.05) is 36.4 Å². The molecule has 0 aliphatic carbocycles. The van der Waals surface area contributed by atoms with Crippen molar-refractivity contribution in [2.75, 3.05) is 13.7 Å². The molecule has 3 aromatic rings. The highest BCUT2D eigenvalue weighted by Crippen LogP contribution is 2.26. The molecule has 4 N–H and O–H groups in total. The van der Waals surface area contributed by atoms with Crippen molar-refractivity contribution >= 4 is 28.6 Å². The van der Waals surface area contributed by atoms with Gasteiger partial charge in [-0.25, -0.2) is 0 Å². The zero-order valence-corrected chi connectivity index (χ0v) is 19.3. The molecule has 9 nitrogen and oxygen atoms in total. The molecule has 2 heterocycles. The number of carbonyl (C=O) groups excluding carboxylic acids is 3. The third kappa shape index (κ3) is 5.61. The van der Waals surface area contributed by atoms with Crippen molar-refractivity contribution in [3.8, 4) is 11.8 Å². The van der Waals surface area contributed by atoms with Crippen LogP contribution in [0.4, 0.5) is 0 Å². The van der Waals surface area contributed by atoms with E-state index in [1.54, 1.807) is 19.2 Å². The second kappa shape index (κ2) is 10.7. The summed E-state index contributed by atoms with van der Waals surface area (Å²) in [6.45, 7) is 0.567. The number of amides is 3. The van der Waals surface area contributed by atoms with Crippen LogP contribution < -0.4 is 20.7 Å². The van der Waals surface area contributed by atoms with E-state index in [1.165, 1.54) is 0 Å². The van der Waals surface area contributed by atoms with Gasteiger partial charge < -0.3 is 25.7 Å². The smallest absolute Gasteiger partial charge is 0.268 e.